The monoisotopic (exact) mass is 266 g/mol. The molecule has 0 fully saturated rings. The van der Waals surface area contributed by atoms with Gasteiger partial charge in [0.1, 0.15) is 11.4 Å². The highest BCUT2D eigenvalue weighted by molar-refractivity contribution is 7.08. The second-order valence-electron chi connectivity index (χ2n) is 5.09. The molecule has 98 valence electrons. The highest BCUT2D eigenvalue weighted by Gasteiger charge is 2.28. The van der Waals surface area contributed by atoms with E-state index in [0.29, 0.717) is 17.1 Å². The summed E-state index contributed by atoms with van der Waals surface area (Å²) in [5, 5.41) is 12.8. The van der Waals surface area contributed by atoms with Crippen molar-refractivity contribution in [1.29, 1.82) is 5.26 Å². The first-order valence-electron chi connectivity index (χ1n) is 5.90. The van der Waals surface area contributed by atoms with Crippen LogP contribution in [0.25, 0.3) is 0 Å². The Labute approximate surface area is 112 Å². The molecule has 18 heavy (non-hydrogen) atoms. The van der Waals surface area contributed by atoms with Gasteiger partial charge < -0.3 is 4.90 Å². The first-order valence-corrected chi connectivity index (χ1v) is 6.68. The van der Waals surface area contributed by atoms with Gasteiger partial charge >= 0.3 is 0 Å². The summed E-state index contributed by atoms with van der Waals surface area (Å²) in [7, 11) is 0. The Hall–Kier alpha value is -1.48. The molecular weight excluding hydrogens is 248 g/mol. The molecule has 1 aromatic rings. The summed E-state index contributed by atoms with van der Waals surface area (Å²) in [6.45, 7) is 8.65. The van der Waals surface area contributed by atoms with Gasteiger partial charge in [-0.15, -0.1) is 5.10 Å². The topological polar surface area (TPSA) is 69.9 Å². The average molecular weight is 266 g/mol. The van der Waals surface area contributed by atoms with Crippen LogP contribution in [0.5, 0.6) is 0 Å². The van der Waals surface area contributed by atoms with E-state index in [0.717, 1.165) is 18.0 Å². The molecule has 0 N–H and O–H groups in total. The van der Waals surface area contributed by atoms with E-state index in [1.807, 2.05) is 33.8 Å². The van der Waals surface area contributed by atoms with Crippen LogP contribution in [0.3, 0.4) is 0 Å². The summed E-state index contributed by atoms with van der Waals surface area (Å²) >= 11 is 1.10. The fourth-order valence-corrected chi connectivity index (χ4v) is 2.42. The van der Waals surface area contributed by atoms with E-state index in [9.17, 15) is 4.79 Å². The molecule has 6 heteroatoms. The van der Waals surface area contributed by atoms with Gasteiger partial charge in [0, 0.05) is 12.0 Å². The van der Waals surface area contributed by atoms with Crippen molar-refractivity contribution in [3.63, 3.8) is 0 Å². The average Bonchev–Trinajstić information content (AvgIpc) is 2.76. The fraction of sp³-hybridized carbons (Fsp3) is 0.667. The van der Waals surface area contributed by atoms with Crippen LogP contribution in [0.15, 0.2) is 0 Å². The number of nitrogens with zero attached hydrogens (tertiary/aromatic N) is 4. The van der Waals surface area contributed by atoms with Crippen molar-refractivity contribution in [2.45, 2.75) is 39.5 Å². The Morgan fingerprint density at radius 1 is 1.50 bits per heavy atom. The van der Waals surface area contributed by atoms with E-state index in [-0.39, 0.29) is 17.9 Å². The molecular formula is C12H18N4OS. The number of amides is 1. The van der Waals surface area contributed by atoms with E-state index in [4.69, 9.17) is 5.26 Å². The molecule has 0 aliphatic carbocycles. The molecule has 1 heterocycles. The Morgan fingerprint density at radius 3 is 2.67 bits per heavy atom. The van der Waals surface area contributed by atoms with Crippen molar-refractivity contribution in [2.24, 2.45) is 0 Å². The summed E-state index contributed by atoms with van der Waals surface area (Å²) in [5.74, 6) is -0.140. The maximum Gasteiger partial charge on any atom is 0.268 e. The maximum atomic E-state index is 12.4. The van der Waals surface area contributed by atoms with E-state index in [2.05, 4.69) is 9.59 Å². The van der Waals surface area contributed by atoms with Crippen molar-refractivity contribution in [3.8, 4) is 6.07 Å². The molecule has 0 saturated heterocycles. The maximum absolute atomic E-state index is 12.4. The normalized spacial score (nSPS) is 11.1. The lowest BCUT2D eigenvalue weighted by atomic mass is 9.91. The SMILES string of the molecule is CCCN(CC#N)C(=O)c1snnc1C(C)(C)C. The Bertz CT molecular complexity index is 455. The summed E-state index contributed by atoms with van der Waals surface area (Å²) < 4.78 is 3.87. The zero-order chi connectivity index (χ0) is 13.8. The van der Waals surface area contributed by atoms with Gasteiger partial charge in [-0.3, -0.25) is 4.79 Å². The second-order valence-corrected chi connectivity index (χ2v) is 5.84. The molecule has 5 nitrogen and oxygen atoms in total. The number of nitriles is 1. The fourth-order valence-electron chi connectivity index (χ4n) is 1.57. The highest BCUT2D eigenvalue weighted by Crippen LogP contribution is 2.26. The lowest BCUT2D eigenvalue weighted by Crippen LogP contribution is -2.33. The molecule has 1 aromatic heterocycles. The van der Waals surface area contributed by atoms with E-state index in [1.54, 1.807) is 4.90 Å². The van der Waals surface area contributed by atoms with Crippen LogP contribution >= 0.6 is 11.5 Å². The van der Waals surface area contributed by atoms with Gasteiger partial charge in [0.05, 0.1) is 11.8 Å². The van der Waals surface area contributed by atoms with Crippen molar-refractivity contribution >= 4 is 17.4 Å². The van der Waals surface area contributed by atoms with Gasteiger partial charge in [0.15, 0.2) is 0 Å². The van der Waals surface area contributed by atoms with Crippen molar-refractivity contribution in [1.82, 2.24) is 14.5 Å². The quantitative estimate of drug-likeness (QED) is 0.783. The lowest BCUT2D eigenvalue weighted by molar-refractivity contribution is 0.0778. The molecule has 1 amide bonds. The molecule has 0 aliphatic rings. The standard InChI is InChI=1S/C12H18N4OS/c1-5-7-16(8-6-13)11(17)9-10(12(2,3)4)14-15-18-9/h5,7-8H2,1-4H3. The van der Waals surface area contributed by atoms with Crippen molar-refractivity contribution < 1.29 is 4.79 Å². The van der Waals surface area contributed by atoms with Crippen molar-refractivity contribution in [2.75, 3.05) is 13.1 Å². The zero-order valence-electron chi connectivity index (χ0n) is 11.2. The molecule has 0 aliphatic heterocycles. The smallest absolute Gasteiger partial charge is 0.268 e. The molecule has 0 bridgehead atoms. The Kier molecular flexibility index (Phi) is 4.79. The summed E-state index contributed by atoms with van der Waals surface area (Å²) in [5.41, 5.74) is 0.485. The van der Waals surface area contributed by atoms with Gasteiger partial charge in [-0.05, 0) is 18.0 Å². The van der Waals surface area contributed by atoms with Crippen molar-refractivity contribution in [3.05, 3.63) is 10.6 Å². The van der Waals surface area contributed by atoms with Gasteiger partial charge in [-0.1, -0.05) is 32.2 Å². The van der Waals surface area contributed by atoms with Crippen LogP contribution in [-0.2, 0) is 5.41 Å². The van der Waals surface area contributed by atoms with Crippen LogP contribution in [0.4, 0.5) is 0 Å². The minimum Gasteiger partial charge on any atom is -0.325 e. The summed E-state index contributed by atoms with van der Waals surface area (Å²) in [4.78, 5) is 14.5. The number of carbonyl (C=O) groups is 1. The number of hydrogen-bond acceptors (Lipinski definition) is 5. The van der Waals surface area contributed by atoms with Gasteiger partial charge in [0.25, 0.3) is 5.91 Å². The molecule has 0 radical (unpaired) electrons. The largest absolute Gasteiger partial charge is 0.325 e. The predicted octanol–water partition coefficient (Wildman–Crippen LogP) is 2.21. The van der Waals surface area contributed by atoms with E-state index in [1.165, 1.54) is 0 Å². The Morgan fingerprint density at radius 2 is 2.17 bits per heavy atom. The molecule has 0 atom stereocenters. The van der Waals surface area contributed by atoms with Gasteiger partial charge in [0.2, 0.25) is 0 Å². The minimum absolute atomic E-state index is 0.105. The van der Waals surface area contributed by atoms with Crippen LogP contribution < -0.4 is 0 Å². The van der Waals surface area contributed by atoms with Crippen LogP contribution in [-0.4, -0.2) is 33.5 Å². The summed E-state index contributed by atoms with van der Waals surface area (Å²) in [6, 6.07) is 2.02. The molecule has 0 aromatic carbocycles. The number of hydrogen-bond donors (Lipinski definition) is 0. The number of aromatic nitrogens is 2. The first-order chi connectivity index (χ1) is 8.41. The molecule has 0 unspecified atom stereocenters. The molecule has 0 spiro atoms. The van der Waals surface area contributed by atoms with Crippen LogP contribution in [0.1, 0.15) is 49.5 Å². The predicted molar refractivity (Wildman–Crippen MR) is 70.4 cm³/mol. The lowest BCUT2D eigenvalue weighted by Gasteiger charge is -2.21. The van der Waals surface area contributed by atoms with Crippen LogP contribution in [0.2, 0.25) is 0 Å². The van der Waals surface area contributed by atoms with Crippen LogP contribution in [0, 0.1) is 11.3 Å². The van der Waals surface area contributed by atoms with Gasteiger partial charge in [-0.2, -0.15) is 5.26 Å². The van der Waals surface area contributed by atoms with E-state index < -0.39 is 0 Å². The van der Waals surface area contributed by atoms with Gasteiger partial charge in [-0.25, -0.2) is 0 Å². The Balaban J connectivity index is 3.03. The molecule has 1 rings (SSSR count). The number of rotatable bonds is 4. The third-order valence-electron chi connectivity index (χ3n) is 2.43. The zero-order valence-corrected chi connectivity index (χ0v) is 12.0. The molecule has 0 saturated carbocycles. The minimum atomic E-state index is -0.220. The second kappa shape index (κ2) is 5.91. The third kappa shape index (κ3) is 3.26. The first kappa shape index (κ1) is 14.6. The number of carbonyl (C=O) groups excluding carboxylic acids is 1. The van der Waals surface area contributed by atoms with E-state index >= 15 is 0 Å². The summed E-state index contributed by atoms with van der Waals surface area (Å²) in [6.07, 6.45) is 0.824. The highest BCUT2D eigenvalue weighted by atomic mass is 32.1. The third-order valence-corrected chi connectivity index (χ3v) is 3.15.